The van der Waals surface area contributed by atoms with Crippen molar-refractivity contribution < 1.29 is 9.59 Å². The number of nitrogens with zero attached hydrogens (tertiary/aromatic N) is 2. The molecule has 0 bridgehead atoms. The number of amides is 2. The number of fused-ring (bicyclic) bond motifs is 2. The number of para-hydroxylation sites is 1. The van der Waals surface area contributed by atoms with Crippen LogP contribution in [0, 0.1) is 0 Å². The van der Waals surface area contributed by atoms with Gasteiger partial charge in [0.1, 0.15) is 6.04 Å². The molecule has 2 fully saturated rings. The van der Waals surface area contributed by atoms with Crippen LogP contribution in [0.15, 0.2) is 48.5 Å². The average Bonchev–Trinajstić information content (AvgIpc) is 3.41. The molecule has 3 aliphatic heterocycles. The second-order valence-electron chi connectivity index (χ2n) is 8.60. The van der Waals surface area contributed by atoms with Crippen molar-refractivity contribution in [1.29, 1.82) is 0 Å². The second kappa shape index (κ2) is 7.65. The van der Waals surface area contributed by atoms with Gasteiger partial charge in [0.05, 0.1) is 4.87 Å². The molecule has 30 heavy (non-hydrogen) atoms. The monoisotopic (exact) mass is 421 g/mol. The second-order valence-corrected chi connectivity index (χ2v) is 10.1. The van der Waals surface area contributed by atoms with E-state index in [0.29, 0.717) is 18.7 Å². The van der Waals surface area contributed by atoms with Gasteiger partial charge in [-0.3, -0.25) is 9.59 Å². The van der Waals surface area contributed by atoms with E-state index in [9.17, 15) is 9.59 Å². The molecule has 2 aromatic rings. The van der Waals surface area contributed by atoms with Crippen LogP contribution in [0.3, 0.4) is 0 Å². The van der Waals surface area contributed by atoms with E-state index >= 15 is 0 Å². The first-order valence-electron chi connectivity index (χ1n) is 10.7. The lowest BCUT2D eigenvalue weighted by molar-refractivity contribution is -0.138. The maximum Gasteiger partial charge on any atom is 0.243 e. The Balaban J connectivity index is 1.17. The van der Waals surface area contributed by atoms with Crippen molar-refractivity contribution in [1.82, 2.24) is 10.2 Å². The fourth-order valence-corrected chi connectivity index (χ4v) is 6.31. The molecule has 0 aromatic heterocycles. The van der Waals surface area contributed by atoms with Crippen molar-refractivity contribution in [2.24, 2.45) is 0 Å². The van der Waals surface area contributed by atoms with E-state index in [-0.39, 0.29) is 22.7 Å². The summed E-state index contributed by atoms with van der Waals surface area (Å²) in [6.45, 7) is 4.53. The van der Waals surface area contributed by atoms with E-state index in [1.165, 1.54) is 16.8 Å². The highest BCUT2D eigenvalue weighted by atomic mass is 32.2. The molecule has 5 rings (SSSR count). The van der Waals surface area contributed by atoms with Crippen LogP contribution in [0.1, 0.15) is 36.5 Å². The minimum Gasteiger partial charge on any atom is -0.367 e. The zero-order valence-electron chi connectivity index (χ0n) is 17.3. The van der Waals surface area contributed by atoms with Crippen molar-refractivity contribution in [2.45, 2.75) is 50.2 Å². The Labute approximate surface area is 181 Å². The number of thioether (sulfide) groups is 1. The number of anilines is 1. The molecule has 2 atom stereocenters. The smallest absolute Gasteiger partial charge is 0.243 e. The van der Waals surface area contributed by atoms with Crippen LogP contribution in [0.5, 0.6) is 0 Å². The number of carbonyl (C=O) groups is 2. The molecule has 0 unspecified atom stereocenters. The van der Waals surface area contributed by atoms with E-state index < -0.39 is 0 Å². The predicted molar refractivity (Wildman–Crippen MR) is 120 cm³/mol. The first kappa shape index (κ1) is 19.5. The Morgan fingerprint density at radius 1 is 1.13 bits per heavy atom. The van der Waals surface area contributed by atoms with Gasteiger partial charge >= 0.3 is 0 Å². The van der Waals surface area contributed by atoms with Gasteiger partial charge < -0.3 is 15.1 Å². The first-order chi connectivity index (χ1) is 14.5. The molecule has 2 aromatic carbocycles. The van der Waals surface area contributed by atoms with Gasteiger partial charge in [-0.2, -0.15) is 0 Å². The molecule has 0 spiro atoms. The normalized spacial score (nSPS) is 24.8. The lowest BCUT2D eigenvalue weighted by Crippen LogP contribution is -2.49. The molecular formula is C24H27N3O2S. The Hall–Kier alpha value is -2.47. The Morgan fingerprint density at radius 2 is 1.90 bits per heavy atom. The number of rotatable bonds is 5. The number of hydrogen-bond acceptors (Lipinski definition) is 4. The van der Waals surface area contributed by atoms with Crippen LogP contribution in [-0.2, 0) is 29.1 Å². The first-order valence-corrected chi connectivity index (χ1v) is 11.7. The van der Waals surface area contributed by atoms with Gasteiger partial charge in [0.25, 0.3) is 0 Å². The van der Waals surface area contributed by atoms with E-state index in [0.717, 1.165) is 31.5 Å². The standard InChI is InChI=1S/C24H27N3O2S/c1-24-12-10-22(28)27(24)21(16-30-24)23(29)25-14-17-6-8-18(9-7-17)15-26-13-11-19-4-2-3-5-20(19)26/h2-9,21H,10-16H2,1H3,(H,25,29)/t21-,24+/m1/s1. The van der Waals surface area contributed by atoms with E-state index in [1.54, 1.807) is 11.8 Å². The number of carbonyl (C=O) groups excluding carboxylic acids is 2. The molecule has 0 aliphatic carbocycles. The van der Waals surface area contributed by atoms with Gasteiger partial charge in [-0.15, -0.1) is 11.8 Å². The molecule has 2 saturated heterocycles. The molecule has 3 aliphatic rings. The summed E-state index contributed by atoms with van der Waals surface area (Å²) in [4.78, 5) is 29.0. The van der Waals surface area contributed by atoms with Crippen LogP contribution in [0.4, 0.5) is 5.69 Å². The van der Waals surface area contributed by atoms with Crippen LogP contribution < -0.4 is 10.2 Å². The van der Waals surface area contributed by atoms with E-state index in [1.807, 2.05) is 4.90 Å². The third-order valence-corrected chi connectivity index (χ3v) is 8.10. The van der Waals surface area contributed by atoms with E-state index in [4.69, 9.17) is 0 Å². The molecule has 2 amide bonds. The summed E-state index contributed by atoms with van der Waals surface area (Å²) in [6, 6.07) is 16.7. The highest BCUT2D eigenvalue weighted by Gasteiger charge is 2.52. The van der Waals surface area contributed by atoms with Crippen LogP contribution in [0.2, 0.25) is 0 Å². The largest absolute Gasteiger partial charge is 0.367 e. The number of hydrogen-bond donors (Lipinski definition) is 1. The molecule has 0 radical (unpaired) electrons. The fourth-order valence-electron chi connectivity index (χ4n) is 4.88. The minimum absolute atomic E-state index is 0.0424. The third kappa shape index (κ3) is 3.47. The van der Waals surface area contributed by atoms with Gasteiger partial charge in [-0.25, -0.2) is 0 Å². The Kier molecular flexibility index (Phi) is 4.97. The highest BCUT2D eigenvalue weighted by Crippen LogP contribution is 2.47. The summed E-state index contributed by atoms with van der Waals surface area (Å²) in [5.74, 6) is 0.749. The number of benzene rings is 2. The molecule has 0 saturated carbocycles. The zero-order valence-corrected chi connectivity index (χ0v) is 18.1. The molecular weight excluding hydrogens is 394 g/mol. The predicted octanol–water partition coefficient (Wildman–Crippen LogP) is 3.32. The topological polar surface area (TPSA) is 52.7 Å². The molecule has 3 heterocycles. The quantitative estimate of drug-likeness (QED) is 0.805. The SMILES string of the molecule is C[C@]12CCC(=O)N1[C@@H](C(=O)NCc1ccc(CN3CCc4ccccc43)cc1)CS2. The van der Waals surface area contributed by atoms with Crippen molar-refractivity contribution in [2.75, 3.05) is 17.2 Å². The van der Waals surface area contributed by atoms with Crippen molar-refractivity contribution in [3.05, 3.63) is 65.2 Å². The van der Waals surface area contributed by atoms with Gasteiger partial charge in [-0.1, -0.05) is 42.5 Å². The van der Waals surface area contributed by atoms with Crippen molar-refractivity contribution in [3.8, 4) is 0 Å². The summed E-state index contributed by atoms with van der Waals surface area (Å²) in [7, 11) is 0. The summed E-state index contributed by atoms with van der Waals surface area (Å²) in [6.07, 6.45) is 2.50. The maximum absolute atomic E-state index is 12.7. The van der Waals surface area contributed by atoms with Crippen LogP contribution in [-0.4, -0.2) is 39.9 Å². The average molecular weight is 422 g/mol. The Morgan fingerprint density at radius 3 is 2.73 bits per heavy atom. The third-order valence-electron chi connectivity index (χ3n) is 6.59. The highest BCUT2D eigenvalue weighted by molar-refractivity contribution is 8.01. The summed E-state index contributed by atoms with van der Waals surface area (Å²) >= 11 is 1.73. The number of nitrogens with one attached hydrogen (secondary N) is 1. The van der Waals surface area contributed by atoms with Gasteiger partial charge in [0, 0.05) is 37.5 Å². The maximum atomic E-state index is 12.7. The zero-order chi connectivity index (χ0) is 20.7. The molecule has 6 heteroatoms. The van der Waals surface area contributed by atoms with Gasteiger partial charge in [0.2, 0.25) is 11.8 Å². The molecule has 5 nitrogen and oxygen atoms in total. The summed E-state index contributed by atoms with van der Waals surface area (Å²) < 4.78 is 0. The molecule has 1 N–H and O–H groups in total. The van der Waals surface area contributed by atoms with Crippen LogP contribution >= 0.6 is 11.8 Å². The van der Waals surface area contributed by atoms with E-state index in [2.05, 4.69) is 65.7 Å². The lowest BCUT2D eigenvalue weighted by atomic mass is 10.1. The van der Waals surface area contributed by atoms with Crippen LogP contribution in [0.25, 0.3) is 0 Å². The van der Waals surface area contributed by atoms with Gasteiger partial charge in [-0.05, 0) is 42.5 Å². The minimum atomic E-state index is -0.343. The fraction of sp³-hybridized carbons (Fsp3) is 0.417. The summed E-state index contributed by atoms with van der Waals surface area (Å²) in [5, 5.41) is 3.04. The molecule has 156 valence electrons. The Bertz CT molecular complexity index is 977. The van der Waals surface area contributed by atoms with Crippen molar-refractivity contribution in [3.63, 3.8) is 0 Å². The summed E-state index contributed by atoms with van der Waals surface area (Å²) in [5.41, 5.74) is 5.11. The lowest BCUT2D eigenvalue weighted by Gasteiger charge is -2.29. The van der Waals surface area contributed by atoms with Crippen molar-refractivity contribution >= 4 is 29.3 Å². The van der Waals surface area contributed by atoms with Gasteiger partial charge in [0.15, 0.2) is 0 Å².